The molecule has 0 atom stereocenters. The molecule has 0 saturated carbocycles. The Morgan fingerprint density at radius 1 is 1.16 bits per heavy atom. The molecule has 0 saturated heterocycles. The average Bonchev–Trinajstić information content (AvgIpc) is 2.38. The van der Waals surface area contributed by atoms with Crippen molar-refractivity contribution in [1.29, 1.82) is 0 Å². The minimum Gasteiger partial charge on any atom is -0.313 e. The van der Waals surface area contributed by atoms with Crippen molar-refractivity contribution in [3.63, 3.8) is 0 Å². The maximum absolute atomic E-state index is 6.11. The molecular formula is C16H18ClNS. The molecule has 0 radical (unpaired) electrons. The lowest BCUT2D eigenvalue weighted by atomic mass is 10.2. The summed E-state index contributed by atoms with van der Waals surface area (Å²) in [5, 5.41) is 4.15. The third kappa shape index (κ3) is 4.27. The third-order valence-corrected chi connectivity index (χ3v) is 4.14. The highest BCUT2D eigenvalue weighted by atomic mass is 35.5. The molecule has 2 aromatic rings. The molecule has 100 valence electrons. The molecule has 0 bridgehead atoms. The molecule has 0 aliphatic rings. The van der Waals surface area contributed by atoms with Gasteiger partial charge in [-0.15, -0.1) is 0 Å². The SMILES string of the molecule is CCNCc1ccc(Cl)cc1Sc1cccc(C)c1. The first-order valence-electron chi connectivity index (χ1n) is 6.42. The van der Waals surface area contributed by atoms with Crippen molar-refractivity contribution in [2.45, 2.75) is 30.2 Å². The van der Waals surface area contributed by atoms with Crippen molar-refractivity contribution in [2.24, 2.45) is 0 Å². The summed E-state index contributed by atoms with van der Waals surface area (Å²) in [6.45, 7) is 6.07. The molecule has 0 unspecified atom stereocenters. The number of benzene rings is 2. The number of rotatable bonds is 5. The van der Waals surface area contributed by atoms with E-state index in [1.165, 1.54) is 20.9 Å². The Hall–Kier alpha value is -0.960. The minimum atomic E-state index is 0.787. The van der Waals surface area contributed by atoms with Crippen molar-refractivity contribution in [3.8, 4) is 0 Å². The predicted octanol–water partition coefficient (Wildman–Crippen LogP) is 4.91. The molecule has 0 spiro atoms. The van der Waals surface area contributed by atoms with Crippen molar-refractivity contribution in [2.75, 3.05) is 6.54 Å². The van der Waals surface area contributed by atoms with Gasteiger partial charge in [0.2, 0.25) is 0 Å². The lowest BCUT2D eigenvalue weighted by molar-refractivity contribution is 0.718. The summed E-state index contributed by atoms with van der Waals surface area (Å²) in [5.41, 5.74) is 2.57. The zero-order valence-corrected chi connectivity index (χ0v) is 12.8. The van der Waals surface area contributed by atoms with Crippen LogP contribution >= 0.6 is 23.4 Å². The van der Waals surface area contributed by atoms with Crippen molar-refractivity contribution in [3.05, 3.63) is 58.6 Å². The maximum Gasteiger partial charge on any atom is 0.0417 e. The Labute approximate surface area is 124 Å². The zero-order chi connectivity index (χ0) is 13.7. The second kappa shape index (κ2) is 6.99. The lowest BCUT2D eigenvalue weighted by Crippen LogP contribution is -2.12. The van der Waals surface area contributed by atoms with Gasteiger partial charge in [-0.2, -0.15) is 0 Å². The fourth-order valence-corrected chi connectivity index (χ4v) is 3.17. The maximum atomic E-state index is 6.11. The van der Waals surface area contributed by atoms with Gasteiger partial charge in [0, 0.05) is 21.4 Å². The van der Waals surface area contributed by atoms with E-state index in [9.17, 15) is 0 Å². The normalized spacial score (nSPS) is 10.7. The van der Waals surface area contributed by atoms with Crippen molar-refractivity contribution >= 4 is 23.4 Å². The van der Waals surface area contributed by atoms with E-state index in [0.717, 1.165) is 18.1 Å². The van der Waals surface area contributed by atoms with Crippen molar-refractivity contribution < 1.29 is 0 Å². The van der Waals surface area contributed by atoms with E-state index in [4.69, 9.17) is 11.6 Å². The molecule has 19 heavy (non-hydrogen) atoms. The second-order valence-corrected chi connectivity index (χ2v) is 6.00. The van der Waals surface area contributed by atoms with E-state index in [0.29, 0.717) is 0 Å². The van der Waals surface area contributed by atoms with Crippen LogP contribution in [0.3, 0.4) is 0 Å². The van der Waals surface area contributed by atoms with Crippen LogP contribution in [0.4, 0.5) is 0 Å². The largest absolute Gasteiger partial charge is 0.313 e. The van der Waals surface area contributed by atoms with Crippen LogP contribution in [-0.2, 0) is 6.54 Å². The molecule has 0 amide bonds. The third-order valence-electron chi connectivity index (χ3n) is 2.81. The topological polar surface area (TPSA) is 12.0 Å². The summed E-state index contributed by atoms with van der Waals surface area (Å²) >= 11 is 7.88. The lowest BCUT2D eigenvalue weighted by Gasteiger charge is -2.10. The quantitative estimate of drug-likeness (QED) is 0.840. The number of nitrogens with one attached hydrogen (secondary N) is 1. The van der Waals surface area contributed by atoms with Gasteiger partial charge in [0.25, 0.3) is 0 Å². The standard InChI is InChI=1S/C16H18ClNS/c1-3-18-11-13-7-8-14(17)10-16(13)19-15-6-4-5-12(2)9-15/h4-10,18H,3,11H2,1-2H3. The first-order chi connectivity index (χ1) is 9.19. The van der Waals surface area contributed by atoms with Crippen LogP contribution < -0.4 is 5.32 Å². The van der Waals surface area contributed by atoms with E-state index in [1.54, 1.807) is 11.8 Å². The first kappa shape index (κ1) is 14.4. The van der Waals surface area contributed by atoms with Crippen molar-refractivity contribution in [1.82, 2.24) is 5.32 Å². The molecule has 1 N–H and O–H groups in total. The highest BCUT2D eigenvalue weighted by Gasteiger charge is 2.05. The van der Waals surface area contributed by atoms with Gasteiger partial charge in [-0.3, -0.25) is 0 Å². The predicted molar refractivity (Wildman–Crippen MR) is 84.1 cm³/mol. The second-order valence-electron chi connectivity index (χ2n) is 4.45. The summed E-state index contributed by atoms with van der Waals surface area (Å²) in [7, 11) is 0. The number of halogens is 1. The number of hydrogen-bond donors (Lipinski definition) is 1. The Balaban J connectivity index is 2.24. The van der Waals surface area contributed by atoms with Gasteiger partial charge in [-0.25, -0.2) is 0 Å². The summed E-state index contributed by atoms with van der Waals surface area (Å²) in [5.74, 6) is 0. The van der Waals surface area contributed by atoms with E-state index in [1.807, 2.05) is 12.1 Å². The van der Waals surface area contributed by atoms with Crippen LogP contribution in [0.25, 0.3) is 0 Å². The van der Waals surface area contributed by atoms with Gasteiger partial charge in [-0.1, -0.05) is 54.0 Å². The van der Waals surface area contributed by atoms with Crippen LogP contribution in [0, 0.1) is 6.92 Å². The Kier molecular flexibility index (Phi) is 5.32. The molecule has 0 aromatic heterocycles. The Bertz CT molecular complexity index is 554. The zero-order valence-electron chi connectivity index (χ0n) is 11.2. The highest BCUT2D eigenvalue weighted by Crippen LogP contribution is 2.32. The van der Waals surface area contributed by atoms with Gasteiger partial charge in [0.1, 0.15) is 0 Å². The van der Waals surface area contributed by atoms with Crippen LogP contribution in [-0.4, -0.2) is 6.54 Å². The Morgan fingerprint density at radius 3 is 2.74 bits per heavy atom. The monoisotopic (exact) mass is 291 g/mol. The van der Waals surface area contributed by atoms with Crippen LogP contribution in [0.1, 0.15) is 18.1 Å². The van der Waals surface area contributed by atoms with Gasteiger partial charge < -0.3 is 5.32 Å². The average molecular weight is 292 g/mol. The summed E-state index contributed by atoms with van der Waals surface area (Å²) in [6.07, 6.45) is 0. The van der Waals surface area contributed by atoms with Crippen LogP contribution in [0.5, 0.6) is 0 Å². The minimum absolute atomic E-state index is 0.787. The number of hydrogen-bond acceptors (Lipinski definition) is 2. The van der Waals surface area contributed by atoms with E-state index in [2.05, 4.69) is 49.5 Å². The molecule has 2 aromatic carbocycles. The molecule has 3 heteroatoms. The van der Waals surface area contributed by atoms with E-state index >= 15 is 0 Å². The summed E-state index contributed by atoms with van der Waals surface area (Å²) in [6, 6.07) is 14.6. The molecular weight excluding hydrogens is 274 g/mol. The fourth-order valence-electron chi connectivity index (χ4n) is 1.83. The molecule has 0 heterocycles. The smallest absolute Gasteiger partial charge is 0.0417 e. The van der Waals surface area contributed by atoms with E-state index in [-0.39, 0.29) is 0 Å². The molecule has 0 fully saturated rings. The molecule has 1 nitrogen and oxygen atoms in total. The molecule has 0 aliphatic carbocycles. The van der Waals surface area contributed by atoms with Gasteiger partial charge in [0.15, 0.2) is 0 Å². The molecule has 0 aliphatic heterocycles. The van der Waals surface area contributed by atoms with Gasteiger partial charge in [-0.05, 0) is 43.3 Å². The van der Waals surface area contributed by atoms with Gasteiger partial charge >= 0.3 is 0 Å². The molecule has 2 rings (SSSR count). The summed E-state index contributed by atoms with van der Waals surface area (Å²) < 4.78 is 0. The number of aryl methyl sites for hydroxylation is 1. The Morgan fingerprint density at radius 2 is 2.00 bits per heavy atom. The van der Waals surface area contributed by atoms with Crippen LogP contribution in [0.15, 0.2) is 52.3 Å². The van der Waals surface area contributed by atoms with E-state index < -0.39 is 0 Å². The fraction of sp³-hybridized carbons (Fsp3) is 0.250. The summed E-state index contributed by atoms with van der Waals surface area (Å²) in [4.78, 5) is 2.47. The van der Waals surface area contributed by atoms with Crippen LogP contribution in [0.2, 0.25) is 5.02 Å². The highest BCUT2D eigenvalue weighted by molar-refractivity contribution is 7.99. The van der Waals surface area contributed by atoms with Gasteiger partial charge in [0.05, 0.1) is 0 Å². The first-order valence-corrected chi connectivity index (χ1v) is 7.62.